The number of hydrogen-bond acceptors (Lipinski definition) is 4. The molecule has 1 aliphatic rings. The molecule has 4 nitrogen and oxygen atoms in total. The zero-order valence-electron chi connectivity index (χ0n) is 14.2. The average Bonchev–Trinajstić information content (AvgIpc) is 3.27. The SMILES string of the molecule is CCCNc1cc(N(C)C(C)CC(C)C)nc(C2CC2)n1. The first kappa shape index (κ1) is 16.1. The Morgan fingerprint density at radius 2 is 2.00 bits per heavy atom. The van der Waals surface area contributed by atoms with E-state index < -0.39 is 0 Å². The van der Waals surface area contributed by atoms with Crippen molar-refractivity contribution >= 4 is 11.6 Å². The molecule has 0 amide bonds. The van der Waals surface area contributed by atoms with Crippen LogP contribution in [0.1, 0.15) is 65.1 Å². The van der Waals surface area contributed by atoms with Crippen molar-refractivity contribution in [1.29, 1.82) is 0 Å². The first-order valence-corrected chi connectivity index (χ1v) is 8.37. The van der Waals surface area contributed by atoms with Gasteiger partial charge in [-0.15, -0.1) is 0 Å². The van der Waals surface area contributed by atoms with Crippen LogP contribution in [0.5, 0.6) is 0 Å². The summed E-state index contributed by atoms with van der Waals surface area (Å²) in [6.45, 7) is 9.96. The highest BCUT2D eigenvalue weighted by Crippen LogP contribution is 2.39. The van der Waals surface area contributed by atoms with Crippen molar-refractivity contribution < 1.29 is 0 Å². The second-order valence-corrected chi connectivity index (χ2v) is 6.76. The van der Waals surface area contributed by atoms with Gasteiger partial charge in [0.2, 0.25) is 0 Å². The molecule has 1 heterocycles. The smallest absolute Gasteiger partial charge is 0.136 e. The Balaban J connectivity index is 2.17. The molecule has 0 bridgehead atoms. The van der Waals surface area contributed by atoms with E-state index in [1.165, 1.54) is 19.3 Å². The predicted octanol–water partition coefficient (Wildman–Crippen LogP) is 4.05. The summed E-state index contributed by atoms with van der Waals surface area (Å²) in [6, 6.07) is 2.59. The molecular formula is C17H30N4. The molecule has 0 spiro atoms. The molecule has 2 rings (SSSR count). The van der Waals surface area contributed by atoms with Gasteiger partial charge in [-0.1, -0.05) is 20.8 Å². The topological polar surface area (TPSA) is 41.0 Å². The van der Waals surface area contributed by atoms with Gasteiger partial charge in [0, 0.05) is 31.6 Å². The number of anilines is 2. The Kier molecular flexibility index (Phi) is 5.43. The highest BCUT2D eigenvalue weighted by atomic mass is 15.2. The molecule has 1 atom stereocenters. The summed E-state index contributed by atoms with van der Waals surface area (Å²) in [4.78, 5) is 11.8. The summed E-state index contributed by atoms with van der Waals surface area (Å²) >= 11 is 0. The first-order valence-electron chi connectivity index (χ1n) is 8.37. The fraction of sp³-hybridized carbons (Fsp3) is 0.765. The Bertz CT molecular complexity index is 454. The van der Waals surface area contributed by atoms with E-state index >= 15 is 0 Å². The van der Waals surface area contributed by atoms with Gasteiger partial charge in [-0.25, -0.2) is 9.97 Å². The zero-order valence-corrected chi connectivity index (χ0v) is 14.2. The third-order valence-corrected chi connectivity index (χ3v) is 4.06. The standard InChI is InChI=1S/C17H30N4/c1-6-9-18-15-11-16(20-17(19-15)14-7-8-14)21(5)13(4)10-12(2)3/h11-14H,6-10H2,1-5H3,(H,18,19,20). The van der Waals surface area contributed by atoms with Crippen LogP contribution in [0.15, 0.2) is 6.07 Å². The Morgan fingerprint density at radius 1 is 1.29 bits per heavy atom. The molecule has 1 aliphatic carbocycles. The summed E-state index contributed by atoms with van der Waals surface area (Å²) < 4.78 is 0. The van der Waals surface area contributed by atoms with Gasteiger partial charge in [0.05, 0.1) is 0 Å². The lowest BCUT2D eigenvalue weighted by molar-refractivity contribution is 0.501. The lowest BCUT2D eigenvalue weighted by atomic mass is 10.0. The van der Waals surface area contributed by atoms with Gasteiger partial charge in [-0.05, 0) is 38.5 Å². The Morgan fingerprint density at radius 3 is 2.57 bits per heavy atom. The van der Waals surface area contributed by atoms with Crippen molar-refractivity contribution in [3.63, 3.8) is 0 Å². The van der Waals surface area contributed by atoms with Crippen LogP contribution in [0, 0.1) is 5.92 Å². The minimum absolute atomic E-state index is 0.492. The molecule has 1 fully saturated rings. The maximum absolute atomic E-state index is 4.81. The van der Waals surface area contributed by atoms with Crippen molar-refractivity contribution in [3.05, 3.63) is 11.9 Å². The van der Waals surface area contributed by atoms with Crippen LogP contribution in [-0.4, -0.2) is 29.6 Å². The molecule has 0 aromatic carbocycles. The largest absolute Gasteiger partial charge is 0.370 e. The Hall–Kier alpha value is -1.32. The first-order chi connectivity index (χ1) is 10.0. The summed E-state index contributed by atoms with van der Waals surface area (Å²) in [5.41, 5.74) is 0. The van der Waals surface area contributed by atoms with Gasteiger partial charge in [0.1, 0.15) is 17.5 Å². The molecule has 118 valence electrons. The van der Waals surface area contributed by atoms with Crippen molar-refractivity contribution in [2.24, 2.45) is 5.92 Å². The minimum Gasteiger partial charge on any atom is -0.370 e. The predicted molar refractivity (Wildman–Crippen MR) is 90.1 cm³/mol. The average molecular weight is 290 g/mol. The summed E-state index contributed by atoms with van der Waals surface area (Å²) in [5, 5.41) is 3.41. The highest BCUT2D eigenvalue weighted by molar-refractivity contribution is 5.50. The van der Waals surface area contributed by atoms with Gasteiger partial charge >= 0.3 is 0 Å². The van der Waals surface area contributed by atoms with E-state index in [0.717, 1.165) is 30.4 Å². The van der Waals surface area contributed by atoms with E-state index in [0.29, 0.717) is 17.9 Å². The number of rotatable bonds is 8. The van der Waals surface area contributed by atoms with Crippen molar-refractivity contribution in [3.8, 4) is 0 Å². The van der Waals surface area contributed by atoms with Gasteiger partial charge in [0.25, 0.3) is 0 Å². The molecule has 1 aromatic heterocycles. The fourth-order valence-corrected chi connectivity index (χ4v) is 2.57. The van der Waals surface area contributed by atoms with Gasteiger partial charge in [0.15, 0.2) is 0 Å². The van der Waals surface area contributed by atoms with Gasteiger partial charge in [-0.2, -0.15) is 0 Å². The van der Waals surface area contributed by atoms with E-state index in [4.69, 9.17) is 4.98 Å². The third-order valence-electron chi connectivity index (χ3n) is 4.06. The molecule has 0 aliphatic heterocycles. The number of nitrogens with zero attached hydrogens (tertiary/aromatic N) is 3. The summed E-state index contributed by atoms with van der Waals surface area (Å²) in [7, 11) is 2.15. The minimum atomic E-state index is 0.492. The number of hydrogen-bond donors (Lipinski definition) is 1. The third kappa shape index (κ3) is 4.58. The van der Waals surface area contributed by atoms with Gasteiger partial charge < -0.3 is 10.2 Å². The van der Waals surface area contributed by atoms with Crippen molar-refractivity contribution in [1.82, 2.24) is 9.97 Å². The summed E-state index contributed by atoms with van der Waals surface area (Å²) in [6.07, 6.45) is 4.76. The maximum atomic E-state index is 4.81. The van der Waals surface area contributed by atoms with Crippen LogP contribution in [0.25, 0.3) is 0 Å². The van der Waals surface area contributed by atoms with Crippen LogP contribution in [0.3, 0.4) is 0 Å². The number of aromatic nitrogens is 2. The van der Waals surface area contributed by atoms with E-state index in [2.05, 4.69) is 56.0 Å². The van der Waals surface area contributed by atoms with Crippen LogP contribution in [0.4, 0.5) is 11.6 Å². The van der Waals surface area contributed by atoms with E-state index in [9.17, 15) is 0 Å². The monoisotopic (exact) mass is 290 g/mol. The van der Waals surface area contributed by atoms with Crippen LogP contribution in [-0.2, 0) is 0 Å². The quantitative estimate of drug-likeness (QED) is 0.784. The molecule has 1 aromatic rings. The second kappa shape index (κ2) is 7.10. The van der Waals surface area contributed by atoms with Crippen LogP contribution in [0.2, 0.25) is 0 Å². The van der Waals surface area contributed by atoms with Crippen LogP contribution < -0.4 is 10.2 Å². The van der Waals surface area contributed by atoms with Gasteiger partial charge in [-0.3, -0.25) is 0 Å². The zero-order chi connectivity index (χ0) is 15.4. The van der Waals surface area contributed by atoms with Crippen LogP contribution >= 0.6 is 0 Å². The van der Waals surface area contributed by atoms with E-state index in [-0.39, 0.29) is 0 Å². The Labute approximate surface area is 129 Å². The molecular weight excluding hydrogens is 260 g/mol. The molecule has 1 N–H and O–H groups in total. The van der Waals surface area contributed by atoms with E-state index in [1.807, 2.05) is 0 Å². The number of nitrogens with one attached hydrogen (secondary N) is 1. The highest BCUT2D eigenvalue weighted by Gasteiger charge is 2.28. The molecule has 0 saturated heterocycles. The lowest BCUT2D eigenvalue weighted by Gasteiger charge is -2.28. The molecule has 1 saturated carbocycles. The summed E-state index contributed by atoms with van der Waals surface area (Å²) in [5.74, 6) is 4.34. The fourth-order valence-electron chi connectivity index (χ4n) is 2.57. The molecule has 4 heteroatoms. The molecule has 0 radical (unpaired) electrons. The maximum Gasteiger partial charge on any atom is 0.136 e. The molecule has 21 heavy (non-hydrogen) atoms. The normalized spacial score (nSPS) is 16.1. The van der Waals surface area contributed by atoms with Crippen molar-refractivity contribution in [2.75, 3.05) is 23.8 Å². The second-order valence-electron chi connectivity index (χ2n) is 6.76. The van der Waals surface area contributed by atoms with E-state index in [1.54, 1.807) is 0 Å². The molecule has 1 unspecified atom stereocenters. The van der Waals surface area contributed by atoms with Crippen molar-refractivity contribution in [2.45, 2.75) is 65.3 Å². The lowest BCUT2D eigenvalue weighted by Crippen LogP contribution is -2.31.